The van der Waals surface area contributed by atoms with E-state index in [2.05, 4.69) is 0 Å². The number of nitro benzene ring substituents is 1. The van der Waals surface area contributed by atoms with Crippen LogP contribution >= 0.6 is 0 Å². The minimum atomic E-state index is -4.05. The number of hydrogen-bond donors (Lipinski definition) is 1. The van der Waals surface area contributed by atoms with Crippen molar-refractivity contribution in [3.63, 3.8) is 0 Å². The number of benzene rings is 1. The van der Waals surface area contributed by atoms with Crippen LogP contribution in [0.3, 0.4) is 0 Å². The molecule has 9 heteroatoms. The van der Waals surface area contributed by atoms with Crippen molar-refractivity contribution in [1.29, 1.82) is 0 Å². The maximum absolute atomic E-state index is 13.9. The van der Waals surface area contributed by atoms with Crippen LogP contribution in [-0.2, 0) is 10.0 Å². The van der Waals surface area contributed by atoms with Crippen molar-refractivity contribution < 1.29 is 17.7 Å². The number of nitro groups is 1. The van der Waals surface area contributed by atoms with Crippen molar-refractivity contribution in [1.82, 2.24) is 4.31 Å². The van der Waals surface area contributed by atoms with Crippen LogP contribution in [0, 0.1) is 21.8 Å². The van der Waals surface area contributed by atoms with Crippen molar-refractivity contribution in [2.24, 2.45) is 11.7 Å². The highest BCUT2D eigenvalue weighted by Crippen LogP contribution is 2.26. The van der Waals surface area contributed by atoms with E-state index in [-0.39, 0.29) is 25.0 Å². The van der Waals surface area contributed by atoms with E-state index < -0.39 is 31.3 Å². The van der Waals surface area contributed by atoms with E-state index in [9.17, 15) is 22.9 Å². The summed E-state index contributed by atoms with van der Waals surface area (Å²) in [7, 11) is -4.05. The van der Waals surface area contributed by atoms with Crippen molar-refractivity contribution >= 4 is 15.7 Å². The van der Waals surface area contributed by atoms with Crippen LogP contribution in [-0.4, -0.2) is 36.8 Å². The summed E-state index contributed by atoms with van der Waals surface area (Å²) in [5.74, 6) is -1.05. The zero-order valence-corrected chi connectivity index (χ0v) is 12.2. The first-order valence-corrected chi connectivity index (χ1v) is 7.85. The average Bonchev–Trinajstić information content (AvgIpc) is 2.36. The molecule has 2 atom stereocenters. The van der Waals surface area contributed by atoms with Gasteiger partial charge in [-0.1, -0.05) is 6.92 Å². The third-order valence-electron chi connectivity index (χ3n) is 3.40. The van der Waals surface area contributed by atoms with Crippen molar-refractivity contribution in [3.8, 4) is 0 Å². The Balaban J connectivity index is 2.37. The summed E-state index contributed by atoms with van der Waals surface area (Å²) in [4.78, 5) is 9.22. The lowest BCUT2D eigenvalue weighted by molar-refractivity contribution is -0.385. The molecule has 7 nitrogen and oxygen atoms in total. The second-order valence-corrected chi connectivity index (χ2v) is 7.20. The maximum atomic E-state index is 13.9. The van der Waals surface area contributed by atoms with Crippen molar-refractivity contribution in [2.75, 3.05) is 13.1 Å². The van der Waals surface area contributed by atoms with Gasteiger partial charge in [-0.15, -0.1) is 0 Å². The molecular formula is C12H16FN3O4S. The second-order valence-electron chi connectivity index (χ2n) is 5.29. The molecule has 2 N–H and O–H groups in total. The minimum Gasteiger partial charge on any atom is -0.326 e. The summed E-state index contributed by atoms with van der Waals surface area (Å²) in [6.07, 6.45) is 0.703. The predicted molar refractivity (Wildman–Crippen MR) is 73.6 cm³/mol. The third kappa shape index (κ3) is 3.20. The third-order valence-corrected chi connectivity index (χ3v) is 5.27. The molecule has 1 aliphatic heterocycles. The van der Waals surface area contributed by atoms with Crippen LogP contribution in [0.25, 0.3) is 0 Å². The molecule has 0 amide bonds. The lowest BCUT2D eigenvalue weighted by atomic mass is 9.99. The Bertz CT molecular complexity index is 654. The molecule has 116 valence electrons. The van der Waals surface area contributed by atoms with Crippen LogP contribution in [0.15, 0.2) is 23.1 Å². The largest absolute Gasteiger partial charge is 0.326 e. The molecule has 1 fully saturated rings. The molecule has 2 unspecified atom stereocenters. The molecule has 0 aromatic heterocycles. The van der Waals surface area contributed by atoms with Gasteiger partial charge in [0.05, 0.1) is 11.0 Å². The highest BCUT2D eigenvalue weighted by molar-refractivity contribution is 7.89. The first kappa shape index (κ1) is 15.8. The lowest BCUT2D eigenvalue weighted by Gasteiger charge is -2.33. The summed E-state index contributed by atoms with van der Waals surface area (Å²) in [5, 5.41) is 10.6. The van der Waals surface area contributed by atoms with E-state index >= 15 is 0 Å². The Morgan fingerprint density at radius 1 is 1.43 bits per heavy atom. The van der Waals surface area contributed by atoms with Gasteiger partial charge in [0, 0.05) is 25.2 Å². The van der Waals surface area contributed by atoms with Gasteiger partial charge in [-0.05, 0) is 18.4 Å². The van der Waals surface area contributed by atoms with E-state index in [4.69, 9.17) is 5.73 Å². The molecule has 2 rings (SSSR count). The van der Waals surface area contributed by atoms with Crippen LogP contribution in [0.4, 0.5) is 10.1 Å². The van der Waals surface area contributed by atoms with Crippen molar-refractivity contribution in [3.05, 3.63) is 34.1 Å². The number of halogens is 1. The highest BCUT2D eigenvalue weighted by Gasteiger charge is 2.34. The Kier molecular flexibility index (Phi) is 4.26. The summed E-state index contributed by atoms with van der Waals surface area (Å²) in [5.41, 5.74) is 5.31. The molecule has 1 saturated heterocycles. The van der Waals surface area contributed by atoms with Crippen LogP contribution < -0.4 is 5.73 Å². The van der Waals surface area contributed by atoms with Gasteiger partial charge in [-0.25, -0.2) is 12.8 Å². The van der Waals surface area contributed by atoms with E-state index in [0.29, 0.717) is 12.5 Å². The Morgan fingerprint density at radius 3 is 2.62 bits per heavy atom. The molecule has 0 saturated carbocycles. The quantitative estimate of drug-likeness (QED) is 0.663. The monoisotopic (exact) mass is 317 g/mol. The predicted octanol–water partition coefficient (Wildman–Crippen LogP) is 1.09. The smallest absolute Gasteiger partial charge is 0.272 e. The van der Waals surface area contributed by atoms with Gasteiger partial charge in [0.2, 0.25) is 10.0 Å². The first-order valence-electron chi connectivity index (χ1n) is 6.41. The molecule has 1 aliphatic rings. The van der Waals surface area contributed by atoms with E-state index in [1.165, 1.54) is 0 Å². The molecule has 0 radical (unpaired) electrons. The summed E-state index contributed by atoms with van der Waals surface area (Å²) in [6.45, 7) is 2.24. The Hall–Kier alpha value is -1.58. The fourth-order valence-corrected chi connectivity index (χ4v) is 4.16. The summed E-state index contributed by atoms with van der Waals surface area (Å²) >= 11 is 0. The number of nitrogens with zero attached hydrogens (tertiary/aromatic N) is 2. The number of rotatable bonds is 3. The first-order chi connectivity index (χ1) is 9.71. The number of piperidine rings is 1. The molecule has 1 aromatic carbocycles. The van der Waals surface area contributed by atoms with Crippen molar-refractivity contribution in [2.45, 2.75) is 24.3 Å². The fraction of sp³-hybridized carbons (Fsp3) is 0.500. The number of nitrogens with two attached hydrogens (primary N) is 1. The molecular weight excluding hydrogens is 301 g/mol. The molecule has 0 aliphatic carbocycles. The molecule has 1 heterocycles. The standard InChI is InChI=1S/C12H16FN3O4S/c1-8-4-9(14)7-15(6-8)21(19,20)12-3-2-10(16(17)18)5-11(12)13/h2-3,5,8-9H,4,6-7,14H2,1H3. The van der Waals surface area contributed by atoms with E-state index in [1.54, 1.807) is 0 Å². The van der Waals surface area contributed by atoms with Gasteiger partial charge in [-0.2, -0.15) is 4.31 Å². The normalized spacial score (nSPS) is 24.0. The summed E-state index contributed by atoms with van der Waals surface area (Å²) < 4.78 is 39.9. The van der Waals surface area contributed by atoms with Gasteiger partial charge in [-0.3, -0.25) is 10.1 Å². The molecule has 0 bridgehead atoms. The summed E-state index contributed by atoms with van der Waals surface area (Å²) in [6, 6.07) is 2.21. The van der Waals surface area contributed by atoms with Gasteiger partial charge in [0.15, 0.2) is 0 Å². The van der Waals surface area contributed by atoms with Gasteiger partial charge >= 0.3 is 0 Å². The Labute approximate surface area is 121 Å². The van der Waals surface area contributed by atoms with Crippen LogP contribution in [0.5, 0.6) is 0 Å². The maximum Gasteiger partial charge on any atom is 0.272 e. The van der Waals surface area contributed by atoms with Crippen LogP contribution in [0.1, 0.15) is 13.3 Å². The highest BCUT2D eigenvalue weighted by atomic mass is 32.2. The average molecular weight is 317 g/mol. The van der Waals surface area contributed by atoms with Gasteiger partial charge in [0.1, 0.15) is 10.7 Å². The molecule has 0 spiro atoms. The SMILES string of the molecule is CC1CC(N)CN(S(=O)(=O)c2ccc([N+](=O)[O-])cc2F)C1. The zero-order chi connectivity index (χ0) is 15.8. The van der Waals surface area contributed by atoms with Crippen LogP contribution in [0.2, 0.25) is 0 Å². The minimum absolute atomic E-state index is 0.0737. The van der Waals surface area contributed by atoms with Gasteiger partial charge in [0.25, 0.3) is 5.69 Å². The molecule has 21 heavy (non-hydrogen) atoms. The zero-order valence-electron chi connectivity index (χ0n) is 11.4. The lowest BCUT2D eigenvalue weighted by Crippen LogP contribution is -2.48. The van der Waals surface area contributed by atoms with Gasteiger partial charge < -0.3 is 5.73 Å². The number of sulfonamides is 1. The fourth-order valence-electron chi connectivity index (χ4n) is 2.50. The topological polar surface area (TPSA) is 107 Å². The molecule has 1 aromatic rings. The number of hydrogen-bond acceptors (Lipinski definition) is 5. The van der Waals surface area contributed by atoms with E-state index in [0.717, 1.165) is 16.4 Å². The second kappa shape index (κ2) is 5.66. The van der Waals surface area contributed by atoms with E-state index in [1.807, 2.05) is 6.92 Å². The Morgan fingerprint density at radius 2 is 2.10 bits per heavy atom. The number of non-ortho nitro benzene ring substituents is 1.